The van der Waals surface area contributed by atoms with Crippen molar-refractivity contribution in [2.75, 3.05) is 33.7 Å². The zero-order valence-corrected chi connectivity index (χ0v) is 19.4. The molecule has 0 saturated heterocycles. The molecule has 0 aliphatic carbocycles. The van der Waals surface area contributed by atoms with Gasteiger partial charge in [0.05, 0.1) is 5.56 Å². The number of nitrogens with one attached hydrogen (secondary N) is 1. The summed E-state index contributed by atoms with van der Waals surface area (Å²) in [5.41, 5.74) is 3.81. The van der Waals surface area contributed by atoms with Gasteiger partial charge in [-0.25, -0.2) is 9.80 Å². The van der Waals surface area contributed by atoms with Crippen molar-refractivity contribution in [3.8, 4) is 0 Å². The van der Waals surface area contributed by atoms with Gasteiger partial charge in [0.15, 0.2) is 6.23 Å². The van der Waals surface area contributed by atoms with Crippen molar-refractivity contribution in [1.29, 1.82) is 0 Å². The van der Waals surface area contributed by atoms with Crippen LogP contribution in [0, 0.1) is 11.8 Å². The number of esters is 1. The maximum atomic E-state index is 12.6. The van der Waals surface area contributed by atoms with Crippen molar-refractivity contribution in [3.05, 3.63) is 35.9 Å². The molecule has 0 aromatic heterocycles. The van der Waals surface area contributed by atoms with Crippen LogP contribution in [0.3, 0.4) is 0 Å². The number of hydrogen-bond acceptors (Lipinski definition) is 6. The number of hydrogen-bond donors (Lipinski definition) is 2. The first-order valence-corrected chi connectivity index (χ1v) is 9.29. The first kappa shape index (κ1) is 29.3. The van der Waals surface area contributed by atoms with Crippen LogP contribution in [0.1, 0.15) is 38.1 Å². The predicted molar refractivity (Wildman–Crippen MR) is 119 cm³/mol. The second-order valence-electron chi connectivity index (χ2n) is 7.79. The number of carbonyl (C=O) groups excluding carboxylic acids is 1. The minimum atomic E-state index is -0.837. The Labute approximate surface area is 182 Å². The molecule has 8 heteroatoms. The van der Waals surface area contributed by atoms with Crippen LogP contribution in [0.15, 0.2) is 30.3 Å². The number of halogens is 2. The topological polar surface area (TPSA) is 65.0 Å². The molecule has 0 fully saturated rings. The van der Waals surface area contributed by atoms with Gasteiger partial charge in [-0.3, -0.25) is 5.43 Å². The molecule has 6 nitrogen and oxygen atoms in total. The molecule has 2 unspecified atom stereocenters. The highest BCUT2D eigenvalue weighted by Crippen LogP contribution is 2.13. The lowest BCUT2D eigenvalue weighted by Crippen LogP contribution is -2.57. The van der Waals surface area contributed by atoms with Gasteiger partial charge in [0.2, 0.25) is 0 Å². The lowest BCUT2D eigenvalue weighted by molar-refractivity contribution is -0.123. The van der Waals surface area contributed by atoms with E-state index < -0.39 is 18.3 Å². The van der Waals surface area contributed by atoms with Crippen LogP contribution in [0.2, 0.25) is 0 Å². The van der Waals surface area contributed by atoms with Gasteiger partial charge in [-0.15, -0.1) is 24.8 Å². The van der Waals surface area contributed by atoms with Gasteiger partial charge in [-0.05, 0) is 38.1 Å². The fourth-order valence-corrected chi connectivity index (χ4v) is 2.52. The van der Waals surface area contributed by atoms with Crippen LogP contribution in [-0.2, 0) is 4.74 Å². The van der Waals surface area contributed by atoms with Crippen LogP contribution in [-0.4, -0.2) is 67.0 Å². The number of nitrogens with zero attached hydrogens (tertiary/aromatic N) is 2. The Bertz CT molecular complexity index is 531. The van der Waals surface area contributed by atoms with E-state index in [0.29, 0.717) is 30.5 Å². The number of hydrazine groups is 1. The summed E-state index contributed by atoms with van der Waals surface area (Å²) in [6, 6.07) is 8.87. The Morgan fingerprint density at radius 3 is 2.07 bits per heavy atom. The van der Waals surface area contributed by atoms with Crippen molar-refractivity contribution in [2.24, 2.45) is 11.8 Å². The maximum Gasteiger partial charge on any atom is 0.339 e. The highest BCUT2D eigenvalue weighted by Gasteiger charge is 2.31. The van der Waals surface area contributed by atoms with Crippen LogP contribution in [0.25, 0.3) is 0 Å². The number of likely N-dealkylation sites (N-methyl/N-ethyl adjacent to an activating group) is 1. The smallest absolute Gasteiger partial charge is 0.339 e. The molecule has 0 aliphatic heterocycles. The number of rotatable bonds is 11. The zero-order valence-electron chi connectivity index (χ0n) is 17.8. The Kier molecular flexibility index (Phi) is 15.7. The van der Waals surface area contributed by atoms with Crippen LogP contribution >= 0.6 is 24.8 Å². The summed E-state index contributed by atoms with van der Waals surface area (Å²) in [6.07, 6.45) is -1.61. The van der Waals surface area contributed by atoms with E-state index in [2.05, 4.69) is 33.1 Å². The molecular formula is C20H37Cl2N3O3. The minimum Gasteiger partial charge on any atom is -0.439 e. The normalized spacial score (nSPS) is 13.2. The number of benzene rings is 1. The number of aliphatic hydroxyl groups is 1. The van der Waals surface area contributed by atoms with E-state index in [0.717, 1.165) is 6.54 Å². The van der Waals surface area contributed by atoms with Crippen LogP contribution in [0.4, 0.5) is 0 Å². The molecule has 0 bridgehead atoms. The molecule has 1 aromatic carbocycles. The largest absolute Gasteiger partial charge is 0.439 e. The van der Waals surface area contributed by atoms with Crippen LogP contribution in [0.5, 0.6) is 0 Å². The first-order chi connectivity index (χ1) is 12.2. The van der Waals surface area contributed by atoms with E-state index in [1.165, 1.54) is 0 Å². The van der Waals surface area contributed by atoms with E-state index in [-0.39, 0.29) is 24.8 Å². The average molecular weight is 438 g/mol. The molecule has 2 N–H and O–H groups in total. The average Bonchev–Trinajstić information content (AvgIpc) is 2.56. The summed E-state index contributed by atoms with van der Waals surface area (Å²) in [7, 11) is 3.77. The summed E-state index contributed by atoms with van der Waals surface area (Å²) in [4.78, 5) is 14.5. The third-order valence-electron chi connectivity index (χ3n) is 3.69. The monoisotopic (exact) mass is 437 g/mol. The Morgan fingerprint density at radius 1 is 1.04 bits per heavy atom. The third-order valence-corrected chi connectivity index (χ3v) is 3.69. The third kappa shape index (κ3) is 11.2. The molecule has 1 aromatic rings. The number of carbonyl (C=O) groups is 1. The molecule has 0 heterocycles. The number of ether oxygens (including phenoxy) is 1. The van der Waals surface area contributed by atoms with Crippen molar-refractivity contribution >= 4 is 30.8 Å². The van der Waals surface area contributed by atoms with E-state index in [9.17, 15) is 9.90 Å². The summed E-state index contributed by atoms with van der Waals surface area (Å²) < 4.78 is 5.74. The lowest BCUT2D eigenvalue weighted by Gasteiger charge is -2.36. The summed E-state index contributed by atoms with van der Waals surface area (Å²) in [5, 5.41) is 12.6. The Morgan fingerprint density at radius 2 is 1.61 bits per heavy atom. The molecule has 164 valence electrons. The van der Waals surface area contributed by atoms with Gasteiger partial charge in [0, 0.05) is 19.6 Å². The van der Waals surface area contributed by atoms with Crippen molar-refractivity contribution < 1.29 is 14.6 Å². The summed E-state index contributed by atoms with van der Waals surface area (Å²) in [6.45, 7) is 10.2. The van der Waals surface area contributed by atoms with E-state index in [1.54, 1.807) is 24.3 Å². The SMILES string of the molecule is CC(C)CNN(CC(C)C)C(OC(=O)c1ccccc1)C(O)CN(C)C.Cl.Cl. The highest BCUT2D eigenvalue weighted by molar-refractivity contribution is 5.89. The highest BCUT2D eigenvalue weighted by atomic mass is 35.5. The molecule has 1 rings (SSSR count). The summed E-state index contributed by atoms with van der Waals surface area (Å²) >= 11 is 0. The number of aliphatic hydroxyl groups excluding tert-OH is 1. The second kappa shape index (κ2) is 15.0. The van der Waals surface area contributed by atoms with E-state index in [1.807, 2.05) is 30.1 Å². The molecule has 0 saturated carbocycles. The van der Waals surface area contributed by atoms with Crippen molar-refractivity contribution in [2.45, 2.75) is 40.0 Å². The maximum absolute atomic E-state index is 12.6. The second-order valence-corrected chi connectivity index (χ2v) is 7.79. The first-order valence-electron chi connectivity index (χ1n) is 9.29. The van der Waals surface area contributed by atoms with Gasteiger partial charge in [0.25, 0.3) is 0 Å². The van der Waals surface area contributed by atoms with Gasteiger partial charge in [-0.1, -0.05) is 45.9 Å². The molecular weight excluding hydrogens is 401 g/mol. The van der Waals surface area contributed by atoms with Gasteiger partial charge in [-0.2, -0.15) is 0 Å². The molecule has 0 radical (unpaired) electrons. The fourth-order valence-electron chi connectivity index (χ4n) is 2.52. The molecule has 2 atom stereocenters. The lowest BCUT2D eigenvalue weighted by atomic mass is 10.2. The minimum absolute atomic E-state index is 0. The standard InChI is InChI=1S/C20H35N3O3.2ClH/c1-15(2)12-21-23(13-16(3)4)19(18(24)14-22(5)6)26-20(25)17-10-8-7-9-11-17;;/h7-11,15-16,18-19,21,24H,12-14H2,1-6H3;2*1H. The molecule has 0 spiro atoms. The van der Waals surface area contributed by atoms with Crippen molar-refractivity contribution in [1.82, 2.24) is 15.3 Å². The van der Waals surface area contributed by atoms with Gasteiger partial charge < -0.3 is 14.7 Å². The molecule has 28 heavy (non-hydrogen) atoms. The quantitative estimate of drug-likeness (QED) is 0.315. The molecule has 0 amide bonds. The predicted octanol–water partition coefficient (Wildman–Crippen LogP) is 3.05. The van der Waals surface area contributed by atoms with Gasteiger partial charge in [0.1, 0.15) is 6.10 Å². The Balaban J connectivity index is 0. The van der Waals surface area contributed by atoms with E-state index >= 15 is 0 Å². The van der Waals surface area contributed by atoms with Gasteiger partial charge >= 0.3 is 5.97 Å². The van der Waals surface area contributed by atoms with Crippen LogP contribution < -0.4 is 5.43 Å². The molecule has 0 aliphatic rings. The van der Waals surface area contributed by atoms with E-state index in [4.69, 9.17) is 4.74 Å². The fraction of sp³-hybridized carbons (Fsp3) is 0.650. The summed E-state index contributed by atoms with van der Waals surface area (Å²) in [5.74, 6) is 0.341. The van der Waals surface area contributed by atoms with Crippen molar-refractivity contribution in [3.63, 3.8) is 0 Å². The Hall–Kier alpha value is -0.890. The zero-order chi connectivity index (χ0) is 19.7.